The summed E-state index contributed by atoms with van der Waals surface area (Å²) in [6.07, 6.45) is -1.76. The van der Waals surface area contributed by atoms with E-state index in [0.29, 0.717) is 35.8 Å². The van der Waals surface area contributed by atoms with Crippen molar-refractivity contribution in [2.75, 3.05) is 37.8 Å². The molecule has 190 valence electrons. The molecule has 0 saturated carbocycles. The van der Waals surface area contributed by atoms with Crippen LogP contribution in [0.5, 0.6) is 11.5 Å². The molecule has 8 nitrogen and oxygen atoms in total. The average molecular weight is 522 g/mol. The topological polar surface area (TPSA) is 95.6 Å². The molecule has 0 aliphatic heterocycles. The molecular weight excluding hydrogens is 499 g/mol. The molecule has 0 aliphatic rings. The second kappa shape index (κ2) is 11.7. The number of hydrogen-bond acceptors (Lipinski definition) is 5. The van der Waals surface area contributed by atoms with E-state index < -0.39 is 22.8 Å². The number of rotatable bonds is 8. The smallest absolute Gasteiger partial charge is 0.417 e. The van der Waals surface area contributed by atoms with Crippen molar-refractivity contribution in [2.24, 2.45) is 0 Å². The fourth-order valence-electron chi connectivity index (χ4n) is 2.95. The zero-order chi connectivity index (χ0) is 26.3. The van der Waals surface area contributed by atoms with Crippen LogP contribution >= 0.6 is 11.6 Å². The largest absolute Gasteiger partial charge is 0.456 e. The van der Waals surface area contributed by atoms with E-state index in [0.717, 1.165) is 12.1 Å². The molecule has 0 aliphatic carbocycles. The monoisotopic (exact) mass is 521 g/mol. The standard InChI is InChI=1S/C24H23ClF3N5O3/c1-33(2)10-9-30-22(34)15-11-19(14-29-13-15)36-18-6-3-16(4-7-18)31-23(35)32-17-5-8-21(25)20(12-17)24(26,27)28/h3-8,11-14H,9-10H2,1-2H3,(H,30,34)(H2,31,32,35). The van der Waals surface area contributed by atoms with Gasteiger partial charge >= 0.3 is 12.2 Å². The maximum atomic E-state index is 13.0. The molecule has 3 aromatic rings. The Morgan fingerprint density at radius 1 is 0.972 bits per heavy atom. The molecule has 0 unspecified atom stereocenters. The average Bonchev–Trinajstić information content (AvgIpc) is 2.81. The number of amides is 3. The van der Waals surface area contributed by atoms with Crippen molar-refractivity contribution in [1.29, 1.82) is 0 Å². The maximum Gasteiger partial charge on any atom is 0.417 e. The summed E-state index contributed by atoms with van der Waals surface area (Å²) in [7, 11) is 3.81. The Morgan fingerprint density at radius 2 is 1.64 bits per heavy atom. The predicted octanol–water partition coefficient (Wildman–Crippen LogP) is 5.48. The number of likely N-dealkylation sites (N-methyl/N-ethyl adjacent to an activating group) is 1. The maximum absolute atomic E-state index is 13.0. The van der Waals surface area contributed by atoms with Crippen molar-refractivity contribution in [3.8, 4) is 11.5 Å². The number of aromatic nitrogens is 1. The van der Waals surface area contributed by atoms with Crippen LogP contribution in [0.2, 0.25) is 5.02 Å². The molecule has 1 heterocycles. The number of ether oxygens (including phenoxy) is 1. The second-order valence-corrected chi connectivity index (χ2v) is 8.27. The molecule has 3 rings (SSSR count). The number of pyridine rings is 1. The van der Waals surface area contributed by atoms with Crippen LogP contribution in [0, 0.1) is 0 Å². The first-order valence-corrected chi connectivity index (χ1v) is 11.0. The van der Waals surface area contributed by atoms with Crippen LogP contribution in [-0.2, 0) is 6.18 Å². The normalized spacial score (nSPS) is 11.2. The Labute approximate surface area is 210 Å². The lowest BCUT2D eigenvalue weighted by Gasteiger charge is -2.13. The summed E-state index contributed by atoms with van der Waals surface area (Å²) in [6, 6.07) is 10.1. The van der Waals surface area contributed by atoms with E-state index in [9.17, 15) is 22.8 Å². The van der Waals surface area contributed by atoms with Crippen molar-refractivity contribution < 1.29 is 27.5 Å². The van der Waals surface area contributed by atoms with Crippen molar-refractivity contribution in [2.45, 2.75) is 6.18 Å². The van der Waals surface area contributed by atoms with Crippen molar-refractivity contribution in [3.63, 3.8) is 0 Å². The Morgan fingerprint density at radius 3 is 2.31 bits per heavy atom. The van der Waals surface area contributed by atoms with Gasteiger partial charge in [-0.1, -0.05) is 11.6 Å². The van der Waals surface area contributed by atoms with Gasteiger partial charge in [-0.25, -0.2) is 4.79 Å². The highest BCUT2D eigenvalue weighted by molar-refractivity contribution is 6.31. The van der Waals surface area contributed by atoms with Crippen LogP contribution < -0.4 is 20.7 Å². The summed E-state index contributed by atoms with van der Waals surface area (Å²) in [5, 5.41) is 7.18. The molecule has 3 amide bonds. The third-order valence-corrected chi connectivity index (χ3v) is 5.03. The Bertz CT molecular complexity index is 1220. The number of benzene rings is 2. The lowest BCUT2D eigenvalue weighted by Crippen LogP contribution is -2.31. The van der Waals surface area contributed by atoms with E-state index in [-0.39, 0.29) is 11.6 Å². The fraction of sp³-hybridized carbons (Fsp3) is 0.208. The Balaban J connectivity index is 1.57. The quantitative estimate of drug-likeness (QED) is 0.365. The summed E-state index contributed by atoms with van der Waals surface area (Å²) in [6.45, 7) is 1.18. The number of hydrogen-bond donors (Lipinski definition) is 3. The summed E-state index contributed by atoms with van der Waals surface area (Å²) in [4.78, 5) is 30.4. The number of anilines is 2. The third-order valence-electron chi connectivity index (χ3n) is 4.70. The van der Waals surface area contributed by atoms with Crippen molar-refractivity contribution in [1.82, 2.24) is 15.2 Å². The minimum absolute atomic E-state index is 0.0673. The molecule has 0 bridgehead atoms. The molecule has 0 atom stereocenters. The van der Waals surface area contributed by atoms with Crippen LogP contribution in [0.1, 0.15) is 15.9 Å². The van der Waals surface area contributed by atoms with Crippen LogP contribution in [-0.4, -0.2) is 49.0 Å². The van der Waals surface area contributed by atoms with Crippen molar-refractivity contribution in [3.05, 3.63) is 77.1 Å². The van der Waals surface area contributed by atoms with Gasteiger partial charge in [-0.3, -0.25) is 9.78 Å². The van der Waals surface area contributed by atoms with Gasteiger partial charge in [-0.05, 0) is 62.6 Å². The molecule has 1 aromatic heterocycles. The number of nitrogens with one attached hydrogen (secondary N) is 3. The third kappa shape index (κ3) is 7.85. The number of urea groups is 1. The Kier molecular flexibility index (Phi) is 8.73. The molecule has 0 spiro atoms. The van der Waals surface area contributed by atoms with Crippen molar-refractivity contribution >= 4 is 34.9 Å². The molecular formula is C24H23ClF3N5O3. The minimum Gasteiger partial charge on any atom is -0.456 e. The van der Waals surface area contributed by atoms with Gasteiger partial charge in [-0.15, -0.1) is 0 Å². The lowest BCUT2D eigenvalue weighted by molar-refractivity contribution is -0.137. The number of alkyl halides is 3. The van der Waals surface area contributed by atoms with Gasteiger partial charge in [0.05, 0.1) is 22.3 Å². The first kappa shape index (κ1) is 26.8. The fourth-order valence-corrected chi connectivity index (χ4v) is 3.17. The van der Waals surface area contributed by atoms with Gasteiger partial charge in [0, 0.05) is 30.7 Å². The lowest BCUT2D eigenvalue weighted by atomic mass is 10.2. The number of carbonyl (C=O) groups is 2. The summed E-state index contributed by atoms with van der Waals surface area (Å²) in [5.74, 6) is 0.487. The van der Waals surface area contributed by atoms with Crippen LogP contribution in [0.3, 0.4) is 0 Å². The molecule has 12 heteroatoms. The second-order valence-electron chi connectivity index (χ2n) is 7.87. The SMILES string of the molecule is CN(C)CCNC(=O)c1cncc(Oc2ccc(NC(=O)Nc3ccc(Cl)c(C(F)(F)F)c3)cc2)c1. The zero-order valence-electron chi connectivity index (χ0n) is 19.3. The zero-order valence-corrected chi connectivity index (χ0v) is 20.1. The van der Waals surface area contributed by atoms with E-state index in [4.69, 9.17) is 16.3 Å². The molecule has 36 heavy (non-hydrogen) atoms. The predicted molar refractivity (Wildman–Crippen MR) is 131 cm³/mol. The van der Waals surface area contributed by atoms with Crippen LogP contribution in [0.4, 0.5) is 29.3 Å². The number of nitrogens with zero attached hydrogens (tertiary/aromatic N) is 2. The Hall–Kier alpha value is -3.83. The minimum atomic E-state index is -4.65. The van der Waals surface area contributed by atoms with Gasteiger partial charge in [0.15, 0.2) is 0 Å². The van der Waals surface area contributed by atoms with Gasteiger partial charge in [0.2, 0.25) is 0 Å². The van der Waals surface area contributed by atoms with E-state index >= 15 is 0 Å². The van der Waals surface area contributed by atoms with Gasteiger partial charge in [0.1, 0.15) is 11.5 Å². The first-order chi connectivity index (χ1) is 17.0. The summed E-state index contributed by atoms with van der Waals surface area (Å²) >= 11 is 5.59. The van der Waals surface area contributed by atoms with Crippen LogP contribution in [0.15, 0.2) is 60.9 Å². The first-order valence-electron chi connectivity index (χ1n) is 10.6. The molecule has 0 radical (unpaired) electrons. The van der Waals surface area contributed by atoms with E-state index in [2.05, 4.69) is 20.9 Å². The van der Waals surface area contributed by atoms with Crippen LogP contribution in [0.25, 0.3) is 0 Å². The molecule has 2 aromatic carbocycles. The number of halogens is 4. The highest BCUT2D eigenvalue weighted by Crippen LogP contribution is 2.36. The van der Waals surface area contributed by atoms with E-state index in [1.165, 1.54) is 18.5 Å². The van der Waals surface area contributed by atoms with Gasteiger partial charge < -0.3 is 25.6 Å². The molecule has 0 fully saturated rings. The van der Waals surface area contributed by atoms with Gasteiger partial charge in [-0.2, -0.15) is 13.2 Å². The van der Waals surface area contributed by atoms with E-state index in [1.54, 1.807) is 30.3 Å². The summed E-state index contributed by atoms with van der Waals surface area (Å²) < 4.78 is 44.7. The molecule has 0 saturated heterocycles. The van der Waals surface area contributed by atoms with Gasteiger partial charge in [0.25, 0.3) is 5.91 Å². The number of carbonyl (C=O) groups excluding carboxylic acids is 2. The molecule has 3 N–H and O–H groups in total. The van der Waals surface area contributed by atoms with E-state index in [1.807, 2.05) is 19.0 Å². The highest BCUT2D eigenvalue weighted by Gasteiger charge is 2.33. The highest BCUT2D eigenvalue weighted by atomic mass is 35.5. The summed E-state index contributed by atoms with van der Waals surface area (Å²) in [5.41, 5.74) is -0.399.